The quantitative estimate of drug-likeness (QED) is 0.717. The number of ether oxygens (including phenoxy) is 1. The van der Waals surface area contributed by atoms with Crippen molar-refractivity contribution in [3.63, 3.8) is 0 Å². The fourth-order valence-corrected chi connectivity index (χ4v) is 2.53. The highest BCUT2D eigenvalue weighted by molar-refractivity contribution is 9.10. The van der Waals surface area contributed by atoms with E-state index in [0.717, 1.165) is 15.7 Å². The third-order valence-corrected chi connectivity index (χ3v) is 4.02. The third-order valence-electron chi connectivity index (χ3n) is 2.89. The van der Waals surface area contributed by atoms with Gasteiger partial charge < -0.3 is 10.5 Å². The highest BCUT2D eigenvalue weighted by Gasteiger charge is 2.11. The van der Waals surface area contributed by atoms with Gasteiger partial charge in [0, 0.05) is 5.69 Å². The number of hydrogen-bond donors (Lipinski definition) is 1. The largest absolute Gasteiger partial charge is 0.495 e. The van der Waals surface area contributed by atoms with Crippen molar-refractivity contribution in [3.05, 3.63) is 39.8 Å². The molecule has 0 bridgehead atoms. The Morgan fingerprint density at radius 2 is 2.05 bits per heavy atom. The van der Waals surface area contributed by atoms with Crippen LogP contribution in [0.3, 0.4) is 0 Å². The van der Waals surface area contributed by atoms with Crippen LogP contribution in [0.5, 0.6) is 5.75 Å². The van der Waals surface area contributed by atoms with Crippen molar-refractivity contribution in [1.29, 1.82) is 0 Å². The van der Waals surface area contributed by atoms with Crippen LogP contribution in [0, 0.1) is 0 Å². The predicted molar refractivity (Wildman–Crippen MR) is 82.5 cm³/mol. The molecule has 0 saturated carbocycles. The summed E-state index contributed by atoms with van der Waals surface area (Å²) in [6.45, 7) is 0. The Morgan fingerprint density at radius 3 is 2.75 bits per heavy atom. The van der Waals surface area contributed by atoms with E-state index < -0.39 is 0 Å². The highest BCUT2D eigenvalue weighted by Crippen LogP contribution is 2.29. The van der Waals surface area contributed by atoms with Crippen LogP contribution in [-0.2, 0) is 0 Å². The minimum atomic E-state index is 0.505. The van der Waals surface area contributed by atoms with Gasteiger partial charge in [-0.1, -0.05) is 11.6 Å². The van der Waals surface area contributed by atoms with E-state index in [-0.39, 0.29) is 0 Å². The number of halogens is 2. The van der Waals surface area contributed by atoms with Gasteiger partial charge in [-0.05, 0) is 46.3 Å². The zero-order valence-corrected chi connectivity index (χ0v) is 12.8. The number of nitrogen functional groups attached to an aromatic ring is 1. The first-order valence-electron chi connectivity index (χ1n) is 5.75. The first-order chi connectivity index (χ1) is 9.60. The van der Waals surface area contributed by atoms with E-state index >= 15 is 0 Å². The van der Waals surface area contributed by atoms with Crippen molar-refractivity contribution in [1.82, 2.24) is 15.0 Å². The summed E-state index contributed by atoms with van der Waals surface area (Å²) in [5.74, 6) is 0.609. The van der Waals surface area contributed by atoms with Crippen molar-refractivity contribution in [3.8, 4) is 11.4 Å². The van der Waals surface area contributed by atoms with Crippen molar-refractivity contribution < 1.29 is 4.74 Å². The maximum Gasteiger partial charge on any atom is 0.137 e. The fraction of sp³-hybridized carbons (Fsp3) is 0.0769. The molecule has 0 fully saturated rings. The number of fused-ring (bicyclic) bond motifs is 1. The number of nitrogens with two attached hydrogens (primary N) is 1. The lowest BCUT2D eigenvalue weighted by Gasteiger charge is -2.04. The predicted octanol–water partition coefficient (Wildman–Crippen LogP) is 3.43. The van der Waals surface area contributed by atoms with Gasteiger partial charge >= 0.3 is 0 Å². The second-order valence-electron chi connectivity index (χ2n) is 4.14. The van der Waals surface area contributed by atoms with Crippen molar-refractivity contribution in [2.75, 3.05) is 12.8 Å². The number of rotatable bonds is 2. The fourth-order valence-electron chi connectivity index (χ4n) is 1.86. The van der Waals surface area contributed by atoms with E-state index in [0.29, 0.717) is 22.0 Å². The van der Waals surface area contributed by atoms with Crippen molar-refractivity contribution >= 4 is 44.3 Å². The molecule has 0 radical (unpaired) electrons. The Kier molecular flexibility index (Phi) is 3.27. The molecular weight excluding hydrogens is 344 g/mol. The Bertz CT molecular complexity index is 802. The average molecular weight is 354 g/mol. The number of methoxy groups -OCH3 is 1. The first-order valence-corrected chi connectivity index (χ1v) is 6.92. The van der Waals surface area contributed by atoms with Crippen molar-refractivity contribution in [2.45, 2.75) is 0 Å². The van der Waals surface area contributed by atoms with E-state index in [2.05, 4.69) is 26.1 Å². The van der Waals surface area contributed by atoms with Crippen LogP contribution < -0.4 is 10.5 Å². The van der Waals surface area contributed by atoms with E-state index in [1.165, 1.54) is 4.80 Å². The molecule has 102 valence electrons. The second-order valence-corrected chi connectivity index (χ2v) is 5.34. The lowest BCUT2D eigenvalue weighted by molar-refractivity contribution is 0.415. The zero-order valence-electron chi connectivity index (χ0n) is 10.5. The lowest BCUT2D eigenvalue weighted by atomic mass is 10.3. The second kappa shape index (κ2) is 4.96. The summed E-state index contributed by atoms with van der Waals surface area (Å²) in [6.07, 6.45) is 0. The van der Waals surface area contributed by atoms with Gasteiger partial charge in [0.05, 0.1) is 22.3 Å². The molecule has 0 spiro atoms. The number of nitrogens with zero attached hydrogens (tertiary/aromatic N) is 3. The summed E-state index contributed by atoms with van der Waals surface area (Å²) in [5.41, 5.74) is 8.66. The van der Waals surface area contributed by atoms with Gasteiger partial charge in [0.1, 0.15) is 16.8 Å². The van der Waals surface area contributed by atoms with Crippen LogP contribution in [-0.4, -0.2) is 22.1 Å². The molecule has 1 heterocycles. The van der Waals surface area contributed by atoms with Crippen LogP contribution in [0.1, 0.15) is 0 Å². The number of aromatic nitrogens is 3. The van der Waals surface area contributed by atoms with E-state index in [1.54, 1.807) is 25.3 Å². The van der Waals surface area contributed by atoms with E-state index in [4.69, 9.17) is 22.1 Å². The molecule has 1 aromatic heterocycles. The Hall–Kier alpha value is -1.79. The Balaban J connectivity index is 2.15. The molecule has 0 saturated heterocycles. The van der Waals surface area contributed by atoms with E-state index in [9.17, 15) is 0 Å². The van der Waals surface area contributed by atoms with Gasteiger partial charge in [-0.2, -0.15) is 4.80 Å². The molecule has 0 aliphatic carbocycles. The SMILES string of the molecule is COc1ccc(-n2nc3ccc(N)c(Br)c3n2)cc1Cl. The summed E-state index contributed by atoms with van der Waals surface area (Å²) < 4.78 is 5.86. The molecule has 0 atom stereocenters. The Morgan fingerprint density at radius 1 is 1.25 bits per heavy atom. The molecule has 2 aromatic carbocycles. The molecule has 2 N–H and O–H groups in total. The summed E-state index contributed by atoms with van der Waals surface area (Å²) >= 11 is 9.53. The van der Waals surface area contributed by atoms with Gasteiger partial charge in [-0.25, -0.2) is 0 Å². The molecule has 7 heteroatoms. The summed E-state index contributed by atoms with van der Waals surface area (Å²) in [7, 11) is 1.57. The minimum absolute atomic E-state index is 0.505. The Labute approximate surface area is 128 Å². The van der Waals surface area contributed by atoms with Crippen LogP contribution in [0.4, 0.5) is 5.69 Å². The monoisotopic (exact) mass is 352 g/mol. The molecule has 0 amide bonds. The molecule has 3 rings (SSSR count). The summed E-state index contributed by atoms with van der Waals surface area (Å²) in [6, 6.07) is 8.96. The van der Waals surface area contributed by atoms with Crippen LogP contribution >= 0.6 is 27.5 Å². The number of hydrogen-bond acceptors (Lipinski definition) is 4. The topological polar surface area (TPSA) is 66.0 Å². The van der Waals surface area contributed by atoms with Gasteiger partial charge in [-0.15, -0.1) is 10.2 Å². The van der Waals surface area contributed by atoms with Crippen LogP contribution in [0.25, 0.3) is 16.7 Å². The van der Waals surface area contributed by atoms with Gasteiger partial charge in [-0.3, -0.25) is 0 Å². The van der Waals surface area contributed by atoms with Gasteiger partial charge in [0.15, 0.2) is 0 Å². The van der Waals surface area contributed by atoms with Crippen LogP contribution in [0.15, 0.2) is 34.8 Å². The molecule has 0 unspecified atom stereocenters. The molecule has 5 nitrogen and oxygen atoms in total. The molecule has 0 aliphatic rings. The average Bonchev–Trinajstić information content (AvgIpc) is 2.88. The highest BCUT2D eigenvalue weighted by atomic mass is 79.9. The minimum Gasteiger partial charge on any atom is -0.495 e. The van der Waals surface area contributed by atoms with E-state index in [1.807, 2.05) is 12.1 Å². The zero-order chi connectivity index (χ0) is 14.3. The first kappa shape index (κ1) is 13.2. The summed E-state index contributed by atoms with van der Waals surface area (Å²) in [4.78, 5) is 1.51. The normalized spacial score (nSPS) is 10.9. The number of benzene rings is 2. The van der Waals surface area contributed by atoms with Gasteiger partial charge in [0.2, 0.25) is 0 Å². The molecule has 0 aliphatic heterocycles. The maximum absolute atomic E-state index is 6.11. The van der Waals surface area contributed by atoms with Crippen LogP contribution in [0.2, 0.25) is 5.02 Å². The molecular formula is C13H10BrClN4O. The third kappa shape index (κ3) is 2.10. The summed E-state index contributed by atoms with van der Waals surface area (Å²) in [5, 5.41) is 9.33. The van der Waals surface area contributed by atoms with Gasteiger partial charge in [0.25, 0.3) is 0 Å². The molecule has 3 aromatic rings. The standard InChI is InChI=1S/C13H10BrClN4O/c1-20-11-5-2-7(6-8(11)15)19-17-10-4-3-9(16)12(14)13(10)18-19/h2-6H,16H2,1H3. The molecule has 20 heavy (non-hydrogen) atoms. The maximum atomic E-state index is 6.11. The lowest BCUT2D eigenvalue weighted by Crippen LogP contribution is -1.98. The smallest absolute Gasteiger partial charge is 0.137 e. The van der Waals surface area contributed by atoms with Crippen molar-refractivity contribution in [2.24, 2.45) is 0 Å². The number of anilines is 1.